The van der Waals surface area contributed by atoms with Crippen molar-refractivity contribution in [2.45, 2.75) is 12.7 Å². The molecule has 2 aliphatic rings. The van der Waals surface area contributed by atoms with E-state index < -0.39 is 12.7 Å². The Morgan fingerprint density at radius 3 is 0.955 bits per heavy atom. The molecule has 9 aromatic rings. The molecule has 8 bridgehead atoms. The first-order chi connectivity index (χ1) is 32.4. The Morgan fingerprint density at radius 1 is 0.388 bits per heavy atom. The molecule has 67 heavy (non-hydrogen) atoms. The van der Waals surface area contributed by atoms with Crippen LogP contribution in [0.4, 0.5) is 37.7 Å². The molecular weight excluding hydrogens is 926 g/mol. The van der Waals surface area contributed by atoms with Crippen LogP contribution >= 0.6 is 0 Å². The summed E-state index contributed by atoms with van der Waals surface area (Å²) in [5.41, 5.74) is 8.58. The number of halogens is 6. The molecule has 0 fully saturated rings. The number of anilines is 2. The van der Waals surface area contributed by atoms with Crippen LogP contribution in [0.3, 0.4) is 0 Å². The van der Waals surface area contributed by atoms with Gasteiger partial charge in [-0.05, 0) is 0 Å². The summed E-state index contributed by atoms with van der Waals surface area (Å²) in [7, 11) is 0. The van der Waals surface area contributed by atoms with Crippen LogP contribution in [0, 0.1) is 0 Å². The fourth-order valence-electron chi connectivity index (χ4n) is 7.38. The molecule has 0 aliphatic carbocycles. The Morgan fingerprint density at radius 2 is 0.672 bits per heavy atom. The number of H-pyrrole nitrogens is 2. The van der Waals surface area contributed by atoms with E-state index in [0.29, 0.717) is 68.1 Å². The summed E-state index contributed by atoms with van der Waals surface area (Å²) >= 11 is 1.52. The second-order valence-electron chi connectivity index (χ2n) is 14.7. The van der Waals surface area contributed by atoms with Gasteiger partial charge in [0, 0.05) is 43.8 Å². The molecule has 0 amide bonds. The first-order valence-corrected chi connectivity index (χ1v) is 21.6. The van der Waals surface area contributed by atoms with Gasteiger partial charge in [-0.15, -0.1) is 0 Å². The van der Waals surface area contributed by atoms with Gasteiger partial charge < -0.3 is 9.97 Å². The van der Waals surface area contributed by atoms with Crippen LogP contribution in [-0.4, -0.2) is 63.5 Å². The summed E-state index contributed by atoms with van der Waals surface area (Å²) in [4.78, 5) is 36.8. The maximum atomic E-state index is 12.1. The number of benzene rings is 6. The molecule has 2 aliphatic heterocycles. The molecule has 0 atom stereocenters. The van der Waals surface area contributed by atoms with E-state index >= 15 is 0 Å². The van der Waals surface area contributed by atoms with Gasteiger partial charge in [0.2, 0.25) is 0 Å². The van der Waals surface area contributed by atoms with Crippen molar-refractivity contribution < 1.29 is 50.8 Å². The van der Waals surface area contributed by atoms with E-state index in [1.165, 1.54) is 63.5 Å². The largest absolute Gasteiger partial charge is 0.324 e. The monoisotopic (exact) mass is 957 g/mol. The number of hydrogen-bond donors (Lipinski definition) is 4. The average molecular weight is 958 g/mol. The first kappa shape index (κ1) is 42.9. The second-order valence-corrected chi connectivity index (χ2v) is 15.8. The van der Waals surface area contributed by atoms with Gasteiger partial charge in [0.15, 0.2) is 23.3 Å². The van der Waals surface area contributed by atoms with Crippen molar-refractivity contribution in [1.29, 1.82) is 0 Å². The van der Waals surface area contributed by atoms with E-state index in [0.717, 1.165) is 43.8 Å². The summed E-state index contributed by atoms with van der Waals surface area (Å²) in [5.74, 6) is 1.78. The van der Waals surface area contributed by atoms with E-state index in [-0.39, 0.29) is 11.5 Å². The summed E-state index contributed by atoms with van der Waals surface area (Å²) < 4.78 is 79.9. The molecule has 6 aromatic carbocycles. The molecule has 0 unspecified atom stereocenters. The molecule has 4 N–H and O–H groups in total. The zero-order valence-electron chi connectivity index (χ0n) is 34.3. The Hall–Kier alpha value is -8.02. The topological polar surface area (TPSA) is 151 Å². The Balaban J connectivity index is 0.000000171. The van der Waals surface area contributed by atoms with Crippen LogP contribution in [0.15, 0.2) is 146 Å². The molecular formula is C48H32CuF6N10O2. The van der Waals surface area contributed by atoms with Crippen molar-refractivity contribution in [2.24, 2.45) is 0 Å². The number of ether oxygens (including phenoxy) is 2. The molecule has 0 saturated heterocycles. The van der Waals surface area contributed by atoms with Gasteiger partial charge >= 0.3 is 156 Å². The Labute approximate surface area is 381 Å². The van der Waals surface area contributed by atoms with E-state index in [1.807, 2.05) is 97.1 Å². The summed E-state index contributed by atoms with van der Waals surface area (Å²) in [6.45, 7) is 0. The Bertz CT molecular complexity index is 3070. The normalized spacial score (nSPS) is 12.0. The molecule has 3 aromatic heterocycles. The summed E-state index contributed by atoms with van der Waals surface area (Å²) in [5, 5.41) is 9.81. The quantitative estimate of drug-likeness (QED) is 0.0658. The predicted molar refractivity (Wildman–Crippen MR) is 239 cm³/mol. The maximum Gasteiger partial charge on any atom is 0.164 e. The van der Waals surface area contributed by atoms with Crippen molar-refractivity contribution in [3.63, 3.8) is 0 Å². The van der Waals surface area contributed by atoms with Gasteiger partial charge in [-0.25, -0.2) is 29.9 Å². The second kappa shape index (κ2) is 17.8. The van der Waals surface area contributed by atoms with Crippen molar-refractivity contribution in [1.82, 2.24) is 39.9 Å². The molecule has 19 heteroatoms. The Kier molecular flexibility index (Phi) is 11.4. The third kappa shape index (κ3) is 9.54. The molecule has 5 heterocycles. The van der Waals surface area contributed by atoms with E-state index in [2.05, 4.69) is 30.1 Å². The number of fused-ring (bicyclic) bond motifs is 20. The van der Waals surface area contributed by atoms with Crippen LogP contribution in [0.2, 0.25) is 0 Å². The zero-order chi connectivity index (χ0) is 46.1. The first-order valence-electron chi connectivity index (χ1n) is 20.2. The van der Waals surface area contributed by atoms with Gasteiger partial charge in [0.25, 0.3) is 0 Å². The minimum atomic E-state index is -4.73. The molecule has 11 rings (SSSR count). The molecule has 0 saturated carbocycles. The molecule has 0 radical (unpaired) electrons. The smallest absolute Gasteiger partial charge is 0.164 e. The number of aromatic nitrogens is 8. The summed E-state index contributed by atoms with van der Waals surface area (Å²) in [6, 6.07) is 42.8. The fourth-order valence-corrected chi connectivity index (χ4v) is 8.11. The number of aromatic amines is 2. The summed E-state index contributed by atoms with van der Waals surface area (Å²) in [6.07, 6.45) is -9.46. The van der Waals surface area contributed by atoms with Gasteiger partial charge in [0.1, 0.15) is 22.6 Å². The van der Waals surface area contributed by atoms with Gasteiger partial charge in [-0.2, -0.15) is 0 Å². The minimum absolute atomic E-state index is 0.306. The van der Waals surface area contributed by atoms with Crippen LogP contribution < -0.4 is 20.1 Å². The average Bonchev–Trinajstić information content (AvgIpc) is 4.05. The van der Waals surface area contributed by atoms with Gasteiger partial charge in [-0.3, -0.25) is 0 Å². The molecule has 339 valence electrons. The van der Waals surface area contributed by atoms with Crippen LogP contribution in [0.1, 0.15) is 0 Å². The van der Waals surface area contributed by atoms with Crippen molar-refractivity contribution in [3.05, 3.63) is 146 Å². The van der Waals surface area contributed by atoms with Gasteiger partial charge in [0.05, 0.1) is 0 Å². The van der Waals surface area contributed by atoms with Crippen LogP contribution in [0.5, 0.6) is 11.5 Å². The van der Waals surface area contributed by atoms with Crippen LogP contribution in [0.25, 0.3) is 89.7 Å². The molecule has 0 spiro atoms. The van der Waals surface area contributed by atoms with E-state index in [1.54, 1.807) is 0 Å². The maximum absolute atomic E-state index is 12.1. The fraction of sp³-hybridized carbons (Fsp3) is 0.0833. The van der Waals surface area contributed by atoms with Crippen LogP contribution in [-0.2, 0) is 15.0 Å². The standard InChI is InChI=1S/C32H18N8.2C8H7F3NO.Cu/c1-2-10-18-17(9-1)25-33-26(18)38-28-21-13-5-6-14-22(21)30(35-28)40-32-24-16-8-7-15-23(24)31(36-32)39-29-20-12-4-3-11-19(20)27(34-29)37-25;2*1-12-6-2-4-7(5-3-6)13-8(9,10)11;/h1-16H,(H2,33,34,35,36,37,38,39,40);2*2-5,12H,1H2;. The number of hydrogen-bond acceptors (Lipinski definition) is 10. The zero-order valence-corrected chi connectivity index (χ0v) is 35.3. The predicted octanol–water partition coefficient (Wildman–Crippen LogP) is 11.9. The third-order valence-electron chi connectivity index (χ3n) is 10.3. The van der Waals surface area contributed by atoms with Crippen molar-refractivity contribution in [3.8, 4) is 57.1 Å². The van der Waals surface area contributed by atoms with Crippen molar-refractivity contribution >= 4 is 55.5 Å². The number of alkyl halides is 6. The van der Waals surface area contributed by atoms with E-state index in [4.69, 9.17) is 29.9 Å². The third-order valence-corrected chi connectivity index (χ3v) is 11.1. The number of nitrogens with one attached hydrogen (secondary N) is 4. The van der Waals surface area contributed by atoms with Gasteiger partial charge in [-0.1, -0.05) is 97.1 Å². The van der Waals surface area contributed by atoms with E-state index in [9.17, 15) is 26.3 Å². The SMILES string of the molecule is FC(F)(F)Oc1ccc(N[CH2][Cu][CH2]Nc2ccc(OC(F)(F)F)cc2)cc1.c1ccc2c(c1)-c1nc-2nc2[nH]c(nc3nc(nc4[nH]c(n1)c1ccccc41)-c1ccccc1-3)c1ccccc21. The number of rotatable bonds is 8. The number of nitrogens with zero attached hydrogens (tertiary/aromatic N) is 6. The molecule has 12 nitrogen and oxygen atoms in total. The minimum Gasteiger partial charge on any atom is -0.324 e. The van der Waals surface area contributed by atoms with Crippen molar-refractivity contribution in [2.75, 3.05) is 21.5 Å².